The first-order valence-electron chi connectivity index (χ1n) is 10.1. The smallest absolute Gasteiger partial charge is 0.260 e. The Morgan fingerprint density at radius 2 is 2.06 bits per heavy atom. The van der Waals surface area contributed by atoms with Crippen molar-refractivity contribution in [3.05, 3.63) is 81.8 Å². The maximum atomic E-state index is 14.4. The van der Waals surface area contributed by atoms with Gasteiger partial charge in [0.1, 0.15) is 16.5 Å². The van der Waals surface area contributed by atoms with Crippen LogP contribution in [-0.4, -0.2) is 24.7 Å². The van der Waals surface area contributed by atoms with E-state index in [1.165, 1.54) is 29.2 Å². The molecule has 33 heavy (non-hydrogen) atoms. The number of H-pyrrole nitrogens is 1. The van der Waals surface area contributed by atoms with Gasteiger partial charge in [0.2, 0.25) is 0 Å². The number of aromatic amines is 1. The molecule has 5 rings (SSSR count). The van der Waals surface area contributed by atoms with E-state index in [1.54, 1.807) is 35.6 Å². The first-order chi connectivity index (χ1) is 16.1. The van der Waals surface area contributed by atoms with Crippen LogP contribution in [0.15, 0.2) is 69.8 Å². The summed E-state index contributed by atoms with van der Waals surface area (Å²) >= 11 is 4.45. The number of nitrogens with zero attached hydrogens (tertiary/aromatic N) is 4. The first-order valence-corrected chi connectivity index (χ1v) is 12.7. The van der Waals surface area contributed by atoms with Gasteiger partial charge in [-0.2, -0.15) is 0 Å². The fourth-order valence-corrected chi connectivity index (χ4v) is 6.18. The average molecular weight is 496 g/mol. The minimum Gasteiger partial charge on any atom is -0.309 e. The molecule has 0 amide bonds. The van der Waals surface area contributed by atoms with Crippen LogP contribution in [0.1, 0.15) is 18.0 Å². The van der Waals surface area contributed by atoms with Crippen molar-refractivity contribution in [1.29, 1.82) is 0 Å². The summed E-state index contributed by atoms with van der Waals surface area (Å²) in [5.74, 6) is 0.617. The van der Waals surface area contributed by atoms with E-state index in [0.717, 1.165) is 10.4 Å². The van der Waals surface area contributed by atoms with Gasteiger partial charge < -0.3 is 4.98 Å². The zero-order valence-electron chi connectivity index (χ0n) is 17.5. The minimum atomic E-state index is -0.365. The van der Waals surface area contributed by atoms with Crippen molar-refractivity contribution >= 4 is 44.7 Å². The zero-order chi connectivity index (χ0) is 22.9. The van der Waals surface area contributed by atoms with Crippen molar-refractivity contribution in [2.75, 3.05) is 0 Å². The summed E-state index contributed by atoms with van der Waals surface area (Å²) in [7, 11) is 0. The van der Waals surface area contributed by atoms with E-state index in [1.807, 2.05) is 34.4 Å². The lowest BCUT2D eigenvalue weighted by Crippen LogP contribution is -2.12. The lowest BCUT2D eigenvalue weighted by atomic mass is 10.2. The first kappa shape index (κ1) is 21.7. The lowest BCUT2D eigenvalue weighted by molar-refractivity contribution is 0.626. The van der Waals surface area contributed by atoms with Crippen LogP contribution in [-0.2, 0) is 6.54 Å². The summed E-state index contributed by atoms with van der Waals surface area (Å²) in [6, 6.07) is 10.4. The highest BCUT2D eigenvalue weighted by molar-refractivity contribution is 7.99. The SMILES string of the molecule is C=CCn1c(SC(C)c2nc3scc(-c4cccs4)c3c(=O)[nH]2)nnc1-c1ccccc1F. The molecule has 0 saturated heterocycles. The molecule has 0 aliphatic heterocycles. The Kier molecular flexibility index (Phi) is 5.96. The quantitative estimate of drug-likeness (QED) is 0.216. The number of rotatable bonds is 7. The molecule has 0 fully saturated rings. The molecule has 1 unspecified atom stereocenters. The Bertz CT molecular complexity index is 1500. The largest absolute Gasteiger partial charge is 0.309 e. The number of nitrogens with one attached hydrogen (secondary N) is 1. The van der Waals surface area contributed by atoms with Crippen molar-refractivity contribution in [2.24, 2.45) is 0 Å². The van der Waals surface area contributed by atoms with Crippen molar-refractivity contribution < 1.29 is 4.39 Å². The fourth-order valence-electron chi connectivity index (χ4n) is 3.50. The van der Waals surface area contributed by atoms with Gasteiger partial charge >= 0.3 is 0 Å². The van der Waals surface area contributed by atoms with E-state index < -0.39 is 0 Å². The number of hydrogen-bond donors (Lipinski definition) is 1. The predicted octanol–water partition coefficient (Wildman–Crippen LogP) is 6.15. The number of thioether (sulfide) groups is 1. The molecule has 0 bridgehead atoms. The molecule has 0 aliphatic rings. The second kappa shape index (κ2) is 9.05. The highest BCUT2D eigenvalue weighted by atomic mass is 32.2. The molecule has 4 heterocycles. The zero-order valence-corrected chi connectivity index (χ0v) is 19.9. The minimum absolute atomic E-state index is 0.160. The molecule has 4 aromatic heterocycles. The second-order valence-electron chi connectivity index (χ2n) is 7.20. The molecule has 0 aliphatic carbocycles. The summed E-state index contributed by atoms with van der Waals surface area (Å²) in [5, 5.41) is 13.5. The summed E-state index contributed by atoms with van der Waals surface area (Å²) in [4.78, 5) is 22.4. The second-order valence-corrected chi connectivity index (χ2v) is 10.3. The van der Waals surface area contributed by atoms with Gasteiger partial charge in [0.15, 0.2) is 11.0 Å². The standard InChI is InChI=1S/C23H18FN5OS3/c1-3-10-29-20(14-7-4-5-8-16(14)24)27-28-23(29)33-13(2)19-25-21(30)18-15(12-32-22(18)26-19)17-9-6-11-31-17/h3-9,11-13H,1,10H2,2H3,(H,25,26,30). The van der Waals surface area contributed by atoms with Crippen LogP contribution in [0, 0.1) is 5.82 Å². The molecular formula is C23H18FN5OS3. The maximum absolute atomic E-state index is 14.4. The molecular weight excluding hydrogens is 477 g/mol. The Morgan fingerprint density at radius 3 is 2.82 bits per heavy atom. The van der Waals surface area contributed by atoms with Crippen LogP contribution >= 0.6 is 34.4 Å². The van der Waals surface area contributed by atoms with E-state index >= 15 is 0 Å². The van der Waals surface area contributed by atoms with Gasteiger partial charge in [0, 0.05) is 22.4 Å². The summed E-state index contributed by atoms with van der Waals surface area (Å²) in [6.07, 6.45) is 1.71. The molecule has 0 saturated carbocycles. The van der Waals surface area contributed by atoms with Gasteiger partial charge in [0.05, 0.1) is 16.2 Å². The normalized spacial score (nSPS) is 12.3. The molecule has 0 radical (unpaired) electrons. The molecule has 5 aromatic rings. The van der Waals surface area contributed by atoms with E-state index in [4.69, 9.17) is 4.98 Å². The Labute approximate surface area is 200 Å². The van der Waals surface area contributed by atoms with Crippen LogP contribution in [0.4, 0.5) is 4.39 Å². The van der Waals surface area contributed by atoms with Crippen molar-refractivity contribution in [1.82, 2.24) is 24.7 Å². The van der Waals surface area contributed by atoms with Gasteiger partial charge in [-0.05, 0) is 30.5 Å². The van der Waals surface area contributed by atoms with Gasteiger partial charge in [-0.15, -0.1) is 39.4 Å². The van der Waals surface area contributed by atoms with Crippen LogP contribution in [0.2, 0.25) is 0 Å². The van der Waals surface area contributed by atoms with Crippen LogP contribution in [0.5, 0.6) is 0 Å². The number of allylic oxidation sites excluding steroid dienone is 1. The monoisotopic (exact) mass is 495 g/mol. The summed E-state index contributed by atoms with van der Waals surface area (Å²) < 4.78 is 16.2. The predicted molar refractivity (Wildman–Crippen MR) is 133 cm³/mol. The fraction of sp³-hybridized carbons (Fsp3) is 0.130. The van der Waals surface area contributed by atoms with Gasteiger partial charge in [-0.25, -0.2) is 9.37 Å². The highest BCUT2D eigenvalue weighted by Crippen LogP contribution is 2.37. The highest BCUT2D eigenvalue weighted by Gasteiger charge is 2.21. The van der Waals surface area contributed by atoms with Crippen LogP contribution in [0.25, 0.3) is 32.0 Å². The lowest BCUT2D eigenvalue weighted by Gasteiger charge is -2.12. The molecule has 1 atom stereocenters. The van der Waals surface area contributed by atoms with Gasteiger partial charge in [-0.1, -0.05) is 36.0 Å². The Hall–Kier alpha value is -3.08. The van der Waals surface area contributed by atoms with Gasteiger partial charge in [-0.3, -0.25) is 9.36 Å². The molecule has 166 valence electrons. The number of hydrogen-bond acceptors (Lipinski definition) is 7. The van der Waals surface area contributed by atoms with Crippen LogP contribution in [0.3, 0.4) is 0 Å². The number of thiophene rings is 2. The molecule has 6 nitrogen and oxygen atoms in total. The number of benzene rings is 1. The average Bonchev–Trinajstić information content (AvgIpc) is 3.55. The number of halogens is 1. The third-order valence-corrected chi connectivity index (χ3v) is 7.92. The van der Waals surface area contributed by atoms with E-state index in [0.29, 0.717) is 39.1 Å². The molecule has 1 N–H and O–H groups in total. The van der Waals surface area contributed by atoms with Gasteiger partial charge in [0.25, 0.3) is 5.56 Å². The molecule has 0 spiro atoms. The van der Waals surface area contributed by atoms with E-state index in [-0.39, 0.29) is 16.6 Å². The molecule has 1 aromatic carbocycles. The summed E-state index contributed by atoms with van der Waals surface area (Å²) in [6.45, 7) is 6.17. The van der Waals surface area contributed by atoms with Crippen molar-refractivity contribution in [3.63, 3.8) is 0 Å². The van der Waals surface area contributed by atoms with E-state index in [9.17, 15) is 9.18 Å². The van der Waals surface area contributed by atoms with Crippen molar-refractivity contribution in [2.45, 2.75) is 23.9 Å². The Balaban J connectivity index is 1.49. The Morgan fingerprint density at radius 1 is 1.21 bits per heavy atom. The van der Waals surface area contributed by atoms with Crippen molar-refractivity contribution in [3.8, 4) is 21.8 Å². The topological polar surface area (TPSA) is 76.5 Å². The maximum Gasteiger partial charge on any atom is 0.260 e. The van der Waals surface area contributed by atoms with Crippen LogP contribution < -0.4 is 5.56 Å². The molecule has 10 heteroatoms. The van der Waals surface area contributed by atoms with E-state index in [2.05, 4.69) is 21.8 Å². The summed E-state index contributed by atoms with van der Waals surface area (Å²) in [5.41, 5.74) is 1.12. The number of fused-ring (bicyclic) bond motifs is 1. The third kappa shape index (κ3) is 4.05. The number of aromatic nitrogens is 5. The third-order valence-electron chi connectivity index (χ3n) is 5.06.